The Labute approximate surface area is 150 Å². The molecule has 0 aliphatic heterocycles. The maximum absolute atomic E-state index is 11.9. The van der Waals surface area contributed by atoms with Crippen molar-refractivity contribution < 1.29 is 14.5 Å². The molecule has 0 spiro atoms. The Hall–Kier alpha value is -3.55. The number of carbonyl (C=O) groups excluding carboxylic acids is 2. The van der Waals surface area contributed by atoms with Crippen molar-refractivity contribution in [1.82, 2.24) is 5.43 Å². The summed E-state index contributed by atoms with van der Waals surface area (Å²) >= 11 is 0. The van der Waals surface area contributed by atoms with Gasteiger partial charge < -0.3 is 5.32 Å². The Bertz CT molecular complexity index is 877. The minimum absolute atomic E-state index is 0.0297. The molecule has 0 heterocycles. The number of carbonyl (C=O) groups is 2. The van der Waals surface area contributed by atoms with Crippen molar-refractivity contribution in [3.8, 4) is 0 Å². The number of rotatable bonds is 6. The van der Waals surface area contributed by atoms with Crippen LogP contribution in [0.2, 0.25) is 0 Å². The number of anilines is 1. The Morgan fingerprint density at radius 2 is 1.85 bits per heavy atom. The first-order valence-electron chi connectivity index (χ1n) is 7.79. The standard InChI is InChI=1S/C18H18N4O4/c1-12-5-3-4-6-15(12)20-17(23)10-18(24)21-19-11-14-8-7-13(2)16(9-14)22(25)26/h3-9,11H,10H2,1-2H3,(H,20,23)(H,21,24). The summed E-state index contributed by atoms with van der Waals surface area (Å²) in [4.78, 5) is 34.0. The van der Waals surface area contributed by atoms with E-state index in [1.54, 1.807) is 31.2 Å². The normalized spacial score (nSPS) is 10.5. The van der Waals surface area contributed by atoms with Crippen LogP contribution in [0.15, 0.2) is 47.6 Å². The molecule has 8 heteroatoms. The van der Waals surface area contributed by atoms with Crippen LogP contribution >= 0.6 is 0 Å². The van der Waals surface area contributed by atoms with E-state index in [-0.39, 0.29) is 12.1 Å². The molecule has 134 valence electrons. The molecule has 0 radical (unpaired) electrons. The van der Waals surface area contributed by atoms with E-state index < -0.39 is 16.7 Å². The molecule has 2 aromatic carbocycles. The van der Waals surface area contributed by atoms with Crippen LogP contribution in [0.1, 0.15) is 23.1 Å². The summed E-state index contributed by atoms with van der Waals surface area (Å²) in [6, 6.07) is 11.8. The van der Waals surface area contributed by atoms with Crippen molar-refractivity contribution in [2.75, 3.05) is 5.32 Å². The number of nitro benzene ring substituents is 1. The Balaban J connectivity index is 1.89. The summed E-state index contributed by atoms with van der Waals surface area (Å²) in [6.07, 6.45) is 0.892. The zero-order valence-electron chi connectivity index (χ0n) is 14.4. The molecule has 2 rings (SSSR count). The summed E-state index contributed by atoms with van der Waals surface area (Å²) in [5.74, 6) is -1.05. The van der Waals surface area contributed by atoms with Gasteiger partial charge in [-0.1, -0.05) is 30.3 Å². The molecule has 0 aliphatic rings. The van der Waals surface area contributed by atoms with Crippen LogP contribution in [0.3, 0.4) is 0 Å². The fourth-order valence-electron chi connectivity index (χ4n) is 2.18. The van der Waals surface area contributed by atoms with E-state index in [0.29, 0.717) is 16.8 Å². The third-order valence-electron chi connectivity index (χ3n) is 3.57. The van der Waals surface area contributed by atoms with Gasteiger partial charge in [-0.15, -0.1) is 0 Å². The topological polar surface area (TPSA) is 114 Å². The lowest BCUT2D eigenvalue weighted by molar-refractivity contribution is -0.385. The molecule has 0 bridgehead atoms. The monoisotopic (exact) mass is 354 g/mol. The fraction of sp³-hybridized carbons (Fsp3) is 0.167. The second-order valence-electron chi connectivity index (χ2n) is 5.64. The Morgan fingerprint density at radius 1 is 1.12 bits per heavy atom. The lowest BCUT2D eigenvalue weighted by Gasteiger charge is -2.07. The Morgan fingerprint density at radius 3 is 2.54 bits per heavy atom. The zero-order chi connectivity index (χ0) is 19.1. The molecule has 2 amide bonds. The van der Waals surface area contributed by atoms with Gasteiger partial charge in [0.25, 0.3) is 5.69 Å². The van der Waals surface area contributed by atoms with Crippen molar-refractivity contribution >= 4 is 29.4 Å². The van der Waals surface area contributed by atoms with Crippen LogP contribution in [0.4, 0.5) is 11.4 Å². The highest BCUT2D eigenvalue weighted by molar-refractivity contribution is 6.04. The predicted octanol–water partition coefficient (Wildman–Crippen LogP) is 2.69. The summed E-state index contributed by atoms with van der Waals surface area (Å²) < 4.78 is 0. The van der Waals surface area contributed by atoms with Gasteiger partial charge in [0.1, 0.15) is 6.42 Å². The number of nitrogens with zero attached hydrogens (tertiary/aromatic N) is 2. The molecular formula is C18H18N4O4. The molecule has 0 saturated carbocycles. The third kappa shape index (κ3) is 5.23. The molecule has 0 aromatic heterocycles. The van der Waals surface area contributed by atoms with Crippen LogP contribution in [-0.2, 0) is 9.59 Å². The number of benzene rings is 2. The van der Waals surface area contributed by atoms with E-state index in [2.05, 4.69) is 15.8 Å². The molecule has 2 N–H and O–H groups in total. The van der Waals surface area contributed by atoms with Gasteiger partial charge in [0.2, 0.25) is 11.8 Å². The first-order chi connectivity index (χ1) is 12.4. The number of aryl methyl sites for hydroxylation is 2. The number of nitro groups is 1. The number of hydrazone groups is 1. The summed E-state index contributed by atoms with van der Waals surface area (Å²) in [6.45, 7) is 3.48. The van der Waals surface area contributed by atoms with Gasteiger partial charge >= 0.3 is 0 Å². The summed E-state index contributed by atoms with van der Waals surface area (Å²) in [5.41, 5.74) is 4.72. The van der Waals surface area contributed by atoms with Gasteiger partial charge in [-0.2, -0.15) is 5.10 Å². The maximum atomic E-state index is 11.9. The van der Waals surface area contributed by atoms with Gasteiger partial charge in [0, 0.05) is 22.9 Å². The van der Waals surface area contributed by atoms with Crippen LogP contribution < -0.4 is 10.7 Å². The van der Waals surface area contributed by atoms with Gasteiger partial charge in [-0.05, 0) is 25.5 Å². The largest absolute Gasteiger partial charge is 0.325 e. The van der Waals surface area contributed by atoms with Gasteiger partial charge in [0.05, 0.1) is 11.1 Å². The van der Waals surface area contributed by atoms with E-state index in [1.165, 1.54) is 12.3 Å². The van der Waals surface area contributed by atoms with Crippen LogP contribution in [0.5, 0.6) is 0 Å². The van der Waals surface area contributed by atoms with E-state index in [4.69, 9.17) is 0 Å². The van der Waals surface area contributed by atoms with Gasteiger partial charge in [-0.25, -0.2) is 5.43 Å². The van der Waals surface area contributed by atoms with Crippen molar-refractivity contribution in [2.45, 2.75) is 20.3 Å². The van der Waals surface area contributed by atoms with Gasteiger partial charge in [0.15, 0.2) is 0 Å². The van der Waals surface area contributed by atoms with E-state index in [0.717, 1.165) is 5.56 Å². The minimum Gasteiger partial charge on any atom is -0.325 e. The highest BCUT2D eigenvalue weighted by Gasteiger charge is 2.11. The molecule has 2 aromatic rings. The summed E-state index contributed by atoms with van der Waals surface area (Å²) in [7, 11) is 0. The van der Waals surface area contributed by atoms with Crippen molar-refractivity contribution in [3.05, 3.63) is 69.3 Å². The highest BCUT2D eigenvalue weighted by Crippen LogP contribution is 2.18. The summed E-state index contributed by atoms with van der Waals surface area (Å²) in [5, 5.41) is 17.3. The Kier molecular flexibility index (Phi) is 6.15. The lowest BCUT2D eigenvalue weighted by Crippen LogP contribution is -2.24. The quantitative estimate of drug-likeness (QED) is 0.359. The number of para-hydroxylation sites is 1. The van der Waals surface area contributed by atoms with Crippen molar-refractivity contribution in [3.63, 3.8) is 0 Å². The first kappa shape index (κ1) is 18.8. The van der Waals surface area contributed by atoms with E-state index in [1.807, 2.05) is 19.1 Å². The highest BCUT2D eigenvalue weighted by atomic mass is 16.6. The number of nitrogens with one attached hydrogen (secondary N) is 2. The van der Waals surface area contributed by atoms with Crippen molar-refractivity contribution in [1.29, 1.82) is 0 Å². The van der Waals surface area contributed by atoms with Crippen LogP contribution in [0.25, 0.3) is 0 Å². The maximum Gasteiger partial charge on any atom is 0.272 e. The van der Waals surface area contributed by atoms with Crippen LogP contribution in [-0.4, -0.2) is 23.0 Å². The lowest BCUT2D eigenvalue weighted by atomic mass is 10.1. The SMILES string of the molecule is Cc1ccccc1NC(=O)CC(=O)NN=Cc1ccc(C)c([N+](=O)[O-])c1. The molecule has 0 unspecified atom stereocenters. The van der Waals surface area contributed by atoms with E-state index >= 15 is 0 Å². The molecule has 0 fully saturated rings. The van der Waals surface area contributed by atoms with E-state index in [9.17, 15) is 19.7 Å². The number of hydrogen-bond donors (Lipinski definition) is 2. The van der Waals surface area contributed by atoms with Crippen molar-refractivity contribution in [2.24, 2.45) is 5.10 Å². The van der Waals surface area contributed by atoms with Gasteiger partial charge in [-0.3, -0.25) is 19.7 Å². The average molecular weight is 354 g/mol. The molecule has 8 nitrogen and oxygen atoms in total. The first-order valence-corrected chi connectivity index (χ1v) is 7.79. The smallest absolute Gasteiger partial charge is 0.272 e. The molecular weight excluding hydrogens is 336 g/mol. The second kappa shape index (κ2) is 8.52. The molecule has 0 saturated heterocycles. The molecule has 0 atom stereocenters. The second-order valence-corrected chi connectivity index (χ2v) is 5.64. The zero-order valence-corrected chi connectivity index (χ0v) is 14.4. The minimum atomic E-state index is -0.589. The average Bonchev–Trinajstić information content (AvgIpc) is 2.58. The third-order valence-corrected chi connectivity index (χ3v) is 3.57. The number of amides is 2. The molecule has 26 heavy (non-hydrogen) atoms. The number of hydrogen-bond acceptors (Lipinski definition) is 5. The molecule has 0 aliphatic carbocycles. The predicted molar refractivity (Wildman–Crippen MR) is 98.0 cm³/mol. The van der Waals surface area contributed by atoms with Crippen LogP contribution in [0, 0.1) is 24.0 Å². The fourth-order valence-corrected chi connectivity index (χ4v) is 2.18.